The number of amides is 1. The molecule has 0 saturated carbocycles. The fraction of sp³-hybridized carbons (Fsp3) is 0. The van der Waals surface area contributed by atoms with Crippen LogP contribution in [0.25, 0.3) is 11.0 Å². The lowest BCUT2D eigenvalue weighted by Crippen LogP contribution is -2.27. The van der Waals surface area contributed by atoms with Crippen LogP contribution in [0.3, 0.4) is 0 Å². The third kappa shape index (κ3) is 4.46. The van der Waals surface area contributed by atoms with Gasteiger partial charge in [0.15, 0.2) is 0 Å². The van der Waals surface area contributed by atoms with E-state index < -0.39 is 21.7 Å². The molecule has 3 aromatic carbocycles. The molecular weight excluding hydrogens is 421 g/mol. The van der Waals surface area contributed by atoms with Crippen LogP contribution in [0.2, 0.25) is 0 Å². The van der Waals surface area contributed by atoms with E-state index in [4.69, 9.17) is 4.42 Å². The zero-order chi connectivity index (χ0) is 21.8. The van der Waals surface area contributed by atoms with Crippen molar-refractivity contribution in [3.05, 3.63) is 102 Å². The van der Waals surface area contributed by atoms with Gasteiger partial charge in [-0.3, -0.25) is 4.79 Å². The number of hydrogen-bond donors (Lipinski definition) is 2. The van der Waals surface area contributed by atoms with Gasteiger partial charge in [0, 0.05) is 5.39 Å². The average molecular weight is 437 g/mol. The number of halogens is 1. The van der Waals surface area contributed by atoms with Crippen LogP contribution >= 0.6 is 0 Å². The van der Waals surface area contributed by atoms with Gasteiger partial charge in [0.05, 0.1) is 10.6 Å². The van der Waals surface area contributed by atoms with Gasteiger partial charge in [0.2, 0.25) is 5.55 Å². The maximum Gasteiger partial charge on any atom is 0.276 e. The summed E-state index contributed by atoms with van der Waals surface area (Å²) in [6, 6.07) is 21.7. The summed E-state index contributed by atoms with van der Waals surface area (Å²) in [5.41, 5.74) is 0.0174. The van der Waals surface area contributed by atoms with Gasteiger partial charge in [-0.2, -0.15) is 13.2 Å². The summed E-state index contributed by atoms with van der Waals surface area (Å²) in [4.78, 5) is 14.9. The van der Waals surface area contributed by atoms with Crippen molar-refractivity contribution >= 4 is 32.6 Å². The lowest BCUT2D eigenvalue weighted by atomic mass is 10.1. The fourth-order valence-electron chi connectivity index (χ4n) is 2.82. The Morgan fingerprint density at radius 3 is 2.35 bits per heavy atom. The third-order valence-corrected chi connectivity index (χ3v) is 5.57. The summed E-state index contributed by atoms with van der Waals surface area (Å²) in [5, 5.41) is 6.87. The summed E-state index contributed by atoms with van der Waals surface area (Å²) in [6.45, 7) is 0. The average Bonchev–Trinajstić information content (AvgIpc) is 2.79. The second kappa shape index (κ2) is 8.41. The number of anilines is 1. The molecule has 0 bridgehead atoms. The third-order valence-electron chi connectivity index (χ3n) is 4.34. The highest BCUT2D eigenvalue weighted by molar-refractivity contribution is 7.89. The van der Waals surface area contributed by atoms with E-state index in [1.54, 1.807) is 48.5 Å². The topological polar surface area (TPSA) is 101 Å². The first-order valence-corrected chi connectivity index (χ1v) is 10.6. The van der Waals surface area contributed by atoms with Gasteiger partial charge in [0.1, 0.15) is 17.0 Å². The highest BCUT2D eigenvalue weighted by Crippen LogP contribution is 2.16. The minimum atomic E-state index is -3.99. The molecule has 1 aromatic heterocycles. The highest BCUT2D eigenvalue weighted by atomic mass is 32.2. The summed E-state index contributed by atoms with van der Waals surface area (Å²) >= 11 is 0. The Balaban J connectivity index is 1.77. The lowest BCUT2D eigenvalue weighted by molar-refractivity contribution is 0.102. The van der Waals surface area contributed by atoms with Crippen LogP contribution in [0.15, 0.2) is 99.3 Å². The molecule has 9 heteroatoms. The number of nitrogens with zero attached hydrogens (tertiary/aromatic N) is 1. The Morgan fingerprint density at radius 1 is 0.903 bits per heavy atom. The van der Waals surface area contributed by atoms with Gasteiger partial charge in [-0.15, -0.1) is 5.10 Å². The van der Waals surface area contributed by atoms with Crippen molar-refractivity contribution < 1.29 is 22.0 Å². The first-order valence-electron chi connectivity index (χ1n) is 9.13. The predicted molar refractivity (Wildman–Crippen MR) is 113 cm³/mol. The van der Waals surface area contributed by atoms with Crippen molar-refractivity contribution in [3.63, 3.8) is 0 Å². The van der Waals surface area contributed by atoms with Crippen molar-refractivity contribution in [2.24, 2.45) is 5.10 Å². The van der Waals surface area contributed by atoms with E-state index in [0.717, 1.165) is 0 Å². The quantitative estimate of drug-likeness (QED) is 0.466. The standard InChI is InChI=1S/C22H16FN3O4S/c23-18-11-5-6-12-19(18)24-21(27)17-14-15-8-4-7-13-20(15)30-22(17)25-26-31(28,29)16-9-2-1-3-10-16/h1-14,26H,(H,24,27)/b25-22+. The Hall–Kier alpha value is -3.98. The number of hydrogen-bond acceptors (Lipinski definition) is 5. The van der Waals surface area contributed by atoms with Crippen LogP contribution in [0, 0.1) is 5.82 Å². The molecule has 0 saturated heterocycles. The predicted octanol–water partition coefficient (Wildman–Crippen LogP) is 3.62. The van der Waals surface area contributed by atoms with Crippen LogP contribution < -0.4 is 15.7 Å². The Morgan fingerprint density at radius 2 is 1.58 bits per heavy atom. The van der Waals surface area contributed by atoms with Crippen molar-refractivity contribution in [1.82, 2.24) is 4.83 Å². The fourth-order valence-corrected chi connectivity index (χ4v) is 3.64. The van der Waals surface area contributed by atoms with E-state index in [-0.39, 0.29) is 21.7 Å². The number of nitrogens with one attached hydrogen (secondary N) is 2. The molecule has 1 amide bonds. The second-order valence-corrected chi connectivity index (χ2v) is 8.12. The van der Waals surface area contributed by atoms with Gasteiger partial charge < -0.3 is 9.73 Å². The Labute approximate surface area is 176 Å². The van der Waals surface area contributed by atoms with Crippen molar-refractivity contribution in [2.45, 2.75) is 4.90 Å². The molecule has 0 aliphatic rings. The maximum absolute atomic E-state index is 14.0. The second-order valence-electron chi connectivity index (χ2n) is 6.46. The number of fused-ring (bicyclic) bond motifs is 1. The number of benzene rings is 3. The molecule has 4 rings (SSSR count). The molecule has 31 heavy (non-hydrogen) atoms. The molecule has 0 unspecified atom stereocenters. The van der Waals surface area contributed by atoms with Gasteiger partial charge >= 0.3 is 0 Å². The number of sulfonamides is 1. The molecular formula is C22H16FN3O4S. The molecule has 2 N–H and O–H groups in total. The van der Waals surface area contributed by atoms with Crippen molar-refractivity contribution in [1.29, 1.82) is 0 Å². The summed E-state index contributed by atoms with van der Waals surface area (Å²) in [5.74, 6) is -1.32. The van der Waals surface area contributed by atoms with Crippen LogP contribution in [-0.4, -0.2) is 14.3 Å². The highest BCUT2D eigenvalue weighted by Gasteiger charge is 2.16. The number of carbonyl (C=O) groups is 1. The number of para-hydroxylation sites is 2. The van der Waals surface area contributed by atoms with Crippen molar-refractivity contribution in [3.8, 4) is 0 Å². The van der Waals surface area contributed by atoms with Gasteiger partial charge in [-0.1, -0.05) is 48.5 Å². The van der Waals surface area contributed by atoms with Crippen LogP contribution in [0.1, 0.15) is 10.4 Å². The molecule has 7 nitrogen and oxygen atoms in total. The van der Waals surface area contributed by atoms with E-state index in [2.05, 4.69) is 15.2 Å². The SMILES string of the molecule is O=C(Nc1ccccc1F)c1cc2ccccc2o/c1=N/NS(=O)(=O)c1ccccc1. The molecule has 0 spiro atoms. The molecule has 0 atom stereocenters. The molecule has 0 aliphatic heterocycles. The largest absolute Gasteiger partial charge is 0.436 e. The van der Waals surface area contributed by atoms with Crippen LogP contribution in [0.4, 0.5) is 10.1 Å². The van der Waals surface area contributed by atoms with Gasteiger partial charge in [-0.25, -0.2) is 4.39 Å². The minimum Gasteiger partial charge on any atom is -0.436 e. The lowest BCUT2D eigenvalue weighted by Gasteiger charge is -2.08. The molecule has 4 aromatic rings. The molecule has 1 heterocycles. The van der Waals surface area contributed by atoms with Gasteiger partial charge in [-0.05, 0) is 36.4 Å². The maximum atomic E-state index is 14.0. The van der Waals surface area contributed by atoms with E-state index in [1.165, 1.54) is 36.4 Å². The molecule has 0 radical (unpaired) electrons. The van der Waals surface area contributed by atoms with Crippen molar-refractivity contribution in [2.75, 3.05) is 5.32 Å². The van der Waals surface area contributed by atoms with Crippen LogP contribution in [0.5, 0.6) is 0 Å². The molecule has 0 aliphatic carbocycles. The van der Waals surface area contributed by atoms with E-state index in [9.17, 15) is 17.6 Å². The number of rotatable bonds is 5. The monoisotopic (exact) mass is 437 g/mol. The zero-order valence-corrected chi connectivity index (χ0v) is 16.8. The van der Waals surface area contributed by atoms with E-state index >= 15 is 0 Å². The summed E-state index contributed by atoms with van der Waals surface area (Å²) < 4.78 is 44.6. The molecule has 0 fully saturated rings. The van der Waals surface area contributed by atoms with Crippen LogP contribution in [-0.2, 0) is 10.0 Å². The Bertz CT molecular complexity index is 1430. The normalized spacial score (nSPS) is 12.0. The molecule has 156 valence electrons. The summed E-state index contributed by atoms with van der Waals surface area (Å²) in [7, 11) is -3.99. The zero-order valence-electron chi connectivity index (χ0n) is 15.9. The summed E-state index contributed by atoms with van der Waals surface area (Å²) in [6.07, 6.45) is 0. The van der Waals surface area contributed by atoms with E-state index in [0.29, 0.717) is 11.0 Å². The first-order chi connectivity index (χ1) is 14.9. The first kappa shape index (κ1) is 20.3. The van der Waals surface area contributed by atoms with Gasteiger partial charge in [0.25, 0.3) is 15.9 Å². The van der Waals surface area contributed by atoms with E-state index in [1.807, 2.05) is 0 Å². The minimum absolute atomic E-state index is 0.00287. The smallest absolute Gasteiger partial charge is 0.276 e. The Kier molecular flexibility index (Phi) is 5.50. The number of carbonyl (C=O) groups excluding carboxylic acids is 1.